The van der Waals surface area contributed by atoms with Gasteiger partial charge >= 0.3 is 0 Å². The standard InChI is InChI=1S/C13H17N3S/c1-16(9-11-4-6-15-7-5-11)10-12(14)13-3-2-8-17-13/h2-8,12H,9-10,14H2,1H3. The average Bonchev–Trinajstić information content (AvgIpc) is 2.83. The van der Waals surface area contributed by atoms with Gasteiger partial charge in [0.2, 0.25) is 0 Å². The van der Waals surface area contributed by atoms with E-state index in [1.54, 1.807) is 11.3 Å². The van der Waals surface area contributed by atoms with E-state index in [2.05, 4.69) is 28.4 Å². The molecule has 4 heteroatoms. The van der Waals surface area contributed by atoms with Crippen molar-refractivity contribution < 1.29 is 0 Å². The Morgan fingerprint density at radius 1 is 1.35 bits per heavy atom. The molecule has 90 valence electrons. The molecule has 0 aliphatic heterocycles. The van der Waals surface area contributed by atoms with E-state index in [9.17, 15) is 0 Å². The second kappa shape index (κ2) is 5.91. The molecule has 0 aliphatic rings. The fourth-order valence-corrected chi connectivity index (χ4v) is 2.51. The number of hydrogen-bond donors (Lipinski definition) is 1. The molecule has 2 N–H and O–H groups in total. The molecule has 0 bridgehead atoms. The van der Waals surface area contributed by atoms with Crippen LogP contribution in [0.3, 0.4) is 0 Å². The predicted octanol–water partition coefficient (Wildman–Crippen LogP) is 2.27. The molecule has 0 aromatic carbocycles. The summed E-state index contributed by atoms with van der Waals surface area (Å²) in [6.45, 7) is 1.77. The third-order valence-corrected chi connectivity index (χ3v) is 3.62. The Balaban J connectivity index is 1.87. The molecule has 2 aromatic rings. The Kier molecular flexibility index (Phi) is 4.25. The van der Waals surface area contributed by atoms with Crippen molar-refractivity contribution in [2.45, 2.75) is 12.6 Å². The van der Waals surface area contributed by atoms with E-state index in [0.29, 0.717) is 0 Å². The molecule has 3 nitrogen and oxygen atoms in total. The highest BCUT2D eigenvalue weighted by Gasteiger charge is 2.10. The lowest BCUT2D eigenvalue weighted by Gasteiger charge is -2.20. The van der Waals surface area contributed by atoms with E-state index >= 15 is 0 Å². The van der Waals surface area contributed by atoms with Gasteiger partial charge in [-0.1, -0.05) is 6.07 Å². The summed E-state index contributed by atoms with van der Waals surface area (Å²) in [5.41, 5.74) is 7.42. The number of nitrogens with zero attached hydrogens (tertiary/aromatic N) is 2. The number of pyridine rings is 1. The summed E-state index contributed by atoms with van der Waals surface area (Å²) in [4.78, 5) is 7.49. The number of hydrogen-bond acceptors (Lipinski definition) is 4. The number of rotatable bonds is 5. The second-order valence-corrected chi connectivity index (χ2v) is 5.15. The van der Waals surface area contributed by atoms with Gasteiger partial charge in [-0.2, -0.15) is 0 Å². The lowest BCUT2D eigenvalue weighted by atomic mass is 10.2. The summed E-state index contributed by atoms with van der Waals surface area (Å²) in [5, 5.41) is 2.07. The lowest BCUT2D eigenvalue weighted by Crippen LogP contribution is -2.28. The Labute approximate surface area is 106 Å². The normalized spacial score (nSPS) is 12.9. The fraction of sp³-hybridized carbons (Fsp3) is 0.308. The van der Waals surface area contributed by atoms with E-state index in [-0.39, 0.29) is 6.04 Å². The number of likely N-dealkylation sites (N-methyl/N-ethyl adjacent to an activating group) is 1. The first-order valence-electron chi connectivity index (χ1n) is 5.62. The van der Waals surface area contributed by atoms with Gasteiger partial charge in [-0.3, -0.25) is 4.98 Å². The Morgan fingerprint density at radius 2 is 2.12 bits per heavy atom. The molecule has 0 saturated heterocycles. The van der Waals surface area contributed by atoms with Crippen LogP contribution in [0.15, 0.2) is 42.0 Å². The monoisotopic (exact) mass is 247 g/mol. The lowest BCUT2D eigenvalue weighted by molar-refractivity contribution is 0.306. The smallest absolute Gasteiger partial charge is 0.0519 e. The Hall–Kier alpha value is -1.23. The van der Waals surface area contributed by atoms with Gasteiger partial charge in [0.15, 0.2) is 0 Å². The number of nitrogens with two attached hydrogens (primary N) is 1. The first-order chi connectivity index (χ1) is 8.25. The zero-order valence-electron chi connectivity index (χ0n) is 9.91. The first kappa shape index (κ1) is 12.2. The van der Waals surface area contributed by atoms with Crippen LogP contribution in [0.4, 0.5) is 0 Å². The van der Waals surface area contributed by atoms with Crippen molar-refractivity contribution in [1.82, 2.24) is 9.88 Å². The van der Waals surface area contributed by atoms with Crippen LogP contribution >= 0.6 is 11.3 Å². The average molecular weight is 247 g/mol. The van der Waals surface area contributed by atoms with Crippen LogP contribution in [0.25, 0.3) is 0 Å². The molecule has 2 aromatic heterocycles. The van der Waals surface area contributed by atoms with Crippen LogP contribution in [0.2, 0.25) is 0 Å². The summed E-state index contributed by atoms with van der Waals surface area (Å²) in [6, 6.07) is 8.31. The summed E-state index contributed by atoms with van der Waals surface area (Å²) in [7, 11) is 2.09. The van der Waals surface area contributed by atoms with Crippen molar-refractivity contribution in [3.8, 4) is 0 Å². The molecular weight excluding hydrogens is 230 g/mol. The largest absolute Gasteiger partial charge is 0.322 e. The third-order valence-electron chi connectivity index (χ3n) is 2.62. The van der Waals surface area contributed by atoms with Crippen LogP contribution in [0.1, 0.15) is 16.5 Å². The molecule has 0 aliphatic carbocycles. The van der Waals surface area contributed by atoms with E-state index in [1.165, 1.54) is 10.4 Å². The van der Waals surface area contributed by atoms with Crippen molar-refractivity contribution in [3.63, 3.8) is 0 Å². The molecule has 0 fully saturated rings. The summed E-state index contributed by atoms with van der Waals surface area (Å²) >= 11 is 1.72. The van der Waals surface area contributed by atoms with Crippen molar-refractivity contribution in [1.29, 1.82) is 0 Å². The number of thiophene rings is 1. The predicted molar refractivity (Wildman–Crippen MR) is 71.8 cm³/mol. The third kappa shape index (κ3) is 3.63. The minimum Gasteiger partial charge on any atom is -0.322 e. The Bertz CT molecular complexity index is 427. The molecular formula is C13H17N3S. The molecule has 1 unspecified atom stereocenters. The fourth-order valence-electron chi connectivity index (χ4n) is 1.79. The van der Waals surface area contributed by atoms with Crippen LogP contribution in [-0.4, -0.2) is 23.5 Å². The van der Waals surface area contributed by atoms with Crippen molar-refractivity contribution in [3.05, 3.63) is 52.5 Å². The maximum absolute atomic E-state index is 6.15. The first-order valence-corrected chi connectivity index (χ1v) is 6.50. The Morgan fingerprint density at radius 3 is 2.76 bits per heavy atom. The molecule has 17 heavy (non-hydrogen) atoms. The van der Waals surface area contributed by atoms with E-state index in [4.69, 9.17) is 5.73 Å². The minimum atomic E-state index is 0.0989. The quantitative estimate of drug-likeness (QED) is 0.881. The maximum atomic E-state index is 6.15. The topological polar surface area (TPSA) is 42.2 Å². The van der Waals surface area contributed by atoms with Crippen LogP contribution in [-0.2, 0) is 6.54 Å². The van der Waals surface area contributed by atoms with E-state index in [0.717, 1.165) is 13.1 Å². The molecule has 0 saturated carbocycles. The van der Waals surface area contributed by atoms with Crippen molar-refractivity contribution >= 4 is 11.3 Å². The minimum absolute atomic E-state index is 0.0989. The van der Waals surface area contributed by atoms with Crippen LogP contribution in [0.5, 0.6) is 0 Å². The summed E-state index contributed by atoms with van der Waals surface area (Å²) < 4.78 is 0. The van der Waals surface area contributed by atoms with Crippen LogP contribution < -0.4 is 5.73 Å². The molecule has 2 rings (SSSR count). The van der Waals surface area contributed by atoms with Crippen LogP contribution in [0, 0.1) is 0 Å². The number of aromatic nitrogens is 1. The van der Waals surface area contributed by atoms with Crippen molar-refractivity contribution in [2.75, 3.05) is 13.6 Å². The van der Waals surface area contributed by atoms with E-state index < -0.39 is 0 Å². The maximum Gasteiger partial charge on any atom is 0.0519 e. The second-order valence-electron chi connectivity index (χ2n) is 4.17. The zero-order chi connectivity index (χ0) is 12.1. The van der Waals surface area contributed by atoms with Gasteiger partial charge in [-0.15, -0.1) is 11.3 Å². The van der Waals surface area contributed by atoms with Gasteiger partial charge < -0.3 is 10.6 Å². The van der Waals surface area contributed by atoms with Gasteiger partial charge in [0, 0.05) is 30.4 Å². The van der Waals surface area contributed by atoms with Gasteiger partial charge in [0.05, 0.1) is 6.04 Å². The molecule has 0 amide bonds. The SMILES string of the molecule is CN(Cc1ccncc1)CC(N)c1cccs1. The highest BCUT2D eigenvalue weighted by molar-refractivity contribution is 7.10. The van der Waals surface area contributed by atoms with Crippen molar-refractivity contribution in [2.24, 2.45) is 5.73 Å². The molecule has 2 heterocycles. The molecule has 0 spiro atoms. The highest BCUT2D eigenvalue weighted by Crippen LogP contribution is 2.17. The van der Waals surface area contributed by atoms with Gasteiger partial charge in [0.1, 0.15) is 0 Å². The zero-order valence-corrected chi connectivity index (χ0v) is 10.7. The summed E-state index contributed by atoms with van der Waals surface area (Å²) in [5.74, 6) is 0. The highest BCUT2D eigenvalue weighted by atomic mass is 32.1. The van der Waals surface area contributed by atoms with Gasteiger partial charge in [0.25, 0.3) is 0 Å². The summed E-state index contributed by atoms with van der Waals surface area (Å²) in [6.07, 6.45) is 3.64. The molecule has 0 radical (unpaired) electrons. The molecule has 1 atom stereocenters. The van der Waals surface area contributed by atoms with E-state index in [1.807, 2.05) is 30.6 Å². The van der Waals surface area contributed by atoms with Gasteiger partial charge in [-0.05, 0) is 36.2 Å². The van der Waals surface area contributed by atoms with Gasteiger partial charge in [-0.25, -0.2) is 0 Å².